The van der Waals surface area contributed by atoms with Gasteiger partial charge in [-0.05, 0) is 12.1 Å². The van der Waals surface area contributed by atoms with Crippen LogP contribution in [0, 0.1) is 20.4 Å². The van der Waals surface area contributed by atoms with Crippen molar-refractivity contribution in [1.29, 1.82) is 0 Å². The summed E-state index contributed by atoms with van der Waals surface area (Å²) in [6.07, 6.45) is 0. The monoisotopic (exact) mass is 439 g/mol. The number of benzene rings is 1. The van der Waals surface area contributed by atoms with Crippen molar-refractivity contribution >= 4 is 40.8 Å². The topological polar surface area (TPSA) is 148 Å². The molecule has 160 valence electrons. The van der Waals surface area contributed by atoms with Gasteiger partial charge in [-0.3, -0.25) is 19.7 Å². The number of carbonyl (C=O) groups is 3. The van der Waals surface area contributed by atoms with E-state index in [1.54, 1.807) is 18.2 Å². The molecule has 12 heteroatoms. The lowest BCUT2D eigenvalue weighted by Crippen LogP contribution is -2.63. The van der Waals surface area contributed by atoms with E-state index in [9.17, 15) is 29.4 Å². The number of ketones is 1. The second-order valence-electron chi connectivity index (χ2n) is 7.56. The number of nitroso groups, excluding NO2 is 1. The Bertz CT molecular complexity index is 957. The molecule has 0 aromatic heterocycles. The van der Waals surface area contributed by atoms with Crippen molar-refractivity contribution in [3.8, 4) is 0 Å². The van der Waals surface area contributed by atoms with Crippen molar-refractivity contribution in [1.82, 2.24) is 0 Å². The van der Waals surface area contributed by atoms with Gasteiger partial charge in [0, 0.05) is 11.1 Å². The highest BCUT2D eigenvalue weighted by Gasteiger charge is 2.76. The Balaban J connectivity index is 2.60. The molecule has 30 heavy (non-hydrogen) atoms. The Morgan fingerprint density at radius 3 is 2.30 bits per heavy atom. The second-order valence-corrected chi connectivity index (χ2v) is 8.12. The number of rotatable bonds is 6. The van der Waals surface area contributed by atoms with Crippen molar-refractivity contribution in [3.63, 3.8) is 0 Å². The smallest absolute Gasteiger partial charge is 0.460 e. The average Bonchev–Trinajstić information content (AvgIpc) is 3.04. The first kappa shape index (κ1) is 23.1. The third-order valence-electron chi connectivity index (χ3n) is 4.44. The van der Waals surface area contributed by atoms with Gasteiger partial charge in [-0.1, -0.05) is 60.5 Å². The van der Waals surface area contributed by atoms with Crippen LogP contribution in [0.1, 0.15) is 20.8 Å². The van der Waals surface area contributed by atoms with Crippen LogP contribution in [0.2, 0.25) is 0 Å². The van der Waals surface area contributed by atoms with Crippen molar-refractivity contribution in [2.24, 2.45) is 10.4 Å². The van der Waals surface area contributed by atoms with E-state index < -0.39 is 55.7 Å². The summed E-state index contributed by atoms with van der Waals surface area (Å²) in [5.74, 6) is -4.54. The number of ether oxygens (including phenoxy) is 1. The zero-order valence-electron chi connectivity index (χ0n) is 16.7. The van der Waals surface area contributed by atoms with Crippen LogP contribution in [0.25, 0.3) is 0 Å². The predicted molar refractivity (Wildman–Crippen MR) is 106 cm³/mol. The number of nitrogens with one attached hydrogen (secondary N) is 1. The quantitative estimate of drug-likeness (QED) is 0.176. The maximum absolute atomic E-state index is 13.1. The summed E-state index contributed by atoms with van der Waals surface area (Å²) in [4.78, 5) is 62.6. The molecule has 1 heterocycles. The van der Waals surface area contributed by atoms with E-state index in [1.807, 2.05) is 0 Å². The number of hydrogen-bond acceptors (Lipinski definition) is 8. The van der Waals surface area contributed by atoms with Gasteiger partial charge in [-0.15, -0.1) is 0 Å². The number of anilines is 1. The number of hydrogen-bond donors (Lipinski definition) is 1. The van der Waals surface area contributed by atoms with Gasteiger partial charge in [0.1, 0.15) is 0 Å². The highest BCUT2D eigenvalue weighted by molar-refractivity contribution is 6.59. The van der Waals surface area contributed by atoms with Crippen molar-refractivity contribution in [3.05, 3.63) is 45.4 Å². The summed E-state index contributed by atoms with van der Waals surface area (Å²) >= 11 is 6.45. The maximum Gasteiger partial charge on any atom is 0.530 e. The number of nitrogens with zero attached hydrogens (tertiary/aromatic N) is 3. The Morgan fingerprint density at radius 2 is 1.83 bits per heavy atom. The molecule has 0 saturated carbocycles. The minimum absolute atomic E-state index is 0.263. The Morgan fingerprint density at radius 1 is 1.27 bits per heavy atom. The minimum atomic E-state index is -2.99. The molecule has 2 rings (SSSR count). The highest BCUT2D eigenvalue weighted by atomic mass is 35.5. The van der Waals surface area contributed by atoms with Crippen molar-refractivity contribution in [2.45, 2.75) is 31.3 Å². The van der Waals surface area contributed by atoms with E-state index >= 15 is 0 Å². The molecular weight excluding hydrogens is 420 g/mol. The van der Waals surface area contributed by atoms with Crippen LogP contribution >= 0.6 is 11.6 Å². The minimum Gasteiger partial charge on any atom is -0.460 e. The van der Waals surface area contributed by atoms with Gasteiger partial charge in [-0.2, -0.15) is 0 Å². The van der Waals surface area contributed by atoms with Crippen LogP contribution in [-0.4, -0.2) is 57.4 Å². The number of Topliss-reactive ketones (excluding diaryl/α,β-unsaturated/α-hetero) is 1. The Labute approximate surface area is 176 Å². The molecule has 1 amide bonds. The predicted octanol–water partition coefficient (Wildman–Crippen LogP) is 1.55. The van der Waals surface area contributed by atoms with E-state index in [-0.39, 0.29) is 5.69 Å². The largest absolute Gasteiger partial charge is 0.530 e. The summed E-state index contributed by atoms with van der Waals surface area (Å²) < 4.78 is 3.97. The molecule has 1 aliphatic rings. The molecule has 0 saturated heterocycles. The first-order valence-corrected chi connectivity index (χ1v) is 9.06. The number of nitro groups is 1. The fraction of sp³-hybridized carbons (Fsp3) is 0.444. The van der Waals surface area contributed by atoms with Crippen LogP contribution in [0.5, 0.6) is 0 Å². The highest BCUT2D eigenvalue weighted by Crippen LogP contribution is 2.36. The molecule has 0 fully saturated rings. The second kappa shape index (κ2) is 7.90. The van der Waals surface area contributed by atoms with Gasteiger partial charge in [0.25, 0.3) is 17.3 Å². The first-order chi connectivity index (χ1) is 13.8. The van der Waals surface area contributed by atoms with E-state index in [0.29, 0.717) is 0 Å². The molecule has 2 unspecified atom stereocenters. The zero-order valence-corrected chi connectivity index (χ0v) is 17.4. The van der Waals surface area contributed by atoms with E-state index in [1.165, 1.54) is 32.9 Å². The van der Waals surface area contributed by atoms with Crippen LogP contribution in [0.15, 0.2) is 35.3 Å². The van der Waals surface area contributed by atoms with E-state index in [0.717, 1.165) is 7.11 Å². The van der Waals surface area contributed by atoms with Crippen LogP contribution in [0.4, 0.5) is 5.69 Å². The molecular formula is C18H20ClN4O7+. The van der Waals surface area contributed by atoms with Crippen LogP contribution in [0.3, 0.4) is 0 Å². The molecule has 1 aromatic rings. The Kier molecular flexibility index (Phi) is 6.08. The van der Waals surface area contributed by atoms with Gasteiger partial charge in [-0.25, -0.2) is 4.79 Å². The van der Waals surface area contributed by atoms with Gasteiger partial charge < -0.3 is 10.1 Å². The number of methoxy groups -OCH3 is 1. The molecule has 1 aliphatic heterocycles. The van der Waals surface area contributed by atoms with E-state index in [4.69, 9.17) is 11.6 Å². The molecule has 1 aromatic carbocycles. The summed E-state index contributed by atoms with van der Waals surface area (Å²) in [6.45, 7) is 3.38. The molecule has 0 radical (unpaired) electrons. The third kappa shape index (κ3) is 3.56. The maximum atomic E-state index is 13.1. The van der Waals surface area contributed by atoms with Crippen LogP contribution in [-0.2, 0) is 19.1 Å². The van der Waals surface area contributed by atoms with Gasteiger partial charge in [0.05, 0.1) is 16.8 Å². The summed E-state index contributed by atoms with van der Waals surface area (Å²) in [5, 5.41) is 14.0. The zero-order chi connectivity index (χ0) is 22.9. The normalized spacial score (nSPS) is 20.7. The SMILES string of the molecule is COC(=O)C1([N+](=O)[O-])CN=C(C(Cl)(C(=O)Nc2ccccc2)C(=O)C(C)(C)C)[N+]1=O. The molecule has 0 bridgehead atoms. The van der Waals surface area contributed by atoms with Crippen molar-refractivity contribution < 1.29 is 28.8 Å². The number of para-hydroxylation sites is 1. The summed E-state index contributed by atoms with van der Waals surface area (Å²) in [7, 11) is 0.857. The number of amidine groups is 1. The molecule has 11 nitrogen and oxygen atoms in total. The lowest BCUT2D eigenvalue weighted by molar-refractivity contribution is -0.749. The first-order valence-electron chi connectivity index (χ1n) is 8.69. The molecule has 1 N–H and O–H groups in total. The number of esters is 1. The van der Waals surface area contributed by atoms with Crippen molar-refractivity contribution in [2.75, 3.05) is 19.0 Å². The van der Waals surface area contributed by atoms with Crippen LogP contribution < -0.4 is 5.32 Å². The lowest BCUT2D eigenvalue weighted by atomic mass is 9.81. The third-order valence-corrected chi connectivity index (χ3v) is 4.95. The fourth-order valence-electron chi connectivity index (χ4n) is 2.82. The number of amides is 1. The van der Waals surface area contributed by atoms with Gasteiger partial charge in [0.2, 0.25) is 0 Å². The summed E-state index contributed by atoms with van der Waals surface area (Å²) in [5.41, 5.74) is -3.97. The number of alkyl halides is 1. The molecule has 0 aliphatic carbocycles. The summed E-state index contributed by atoms with van der Waals surface area (Å²) in [6, 6.07) is 7.93. The average molecular weight is 440 g/mol. The number of aliphatic imine (C=N–C) groups is 1. The van der Waals surface area contributed by atoms with Gasteiger partial charge in [0.15, 0.2) is 5.78 Å². The van der Waals surface area contributed by atoms with Gasteiger partial charge >= 0.3 is 17.5 Å². The lowest BCUT2D eigenvalue weighted by Gasteiger charge is -2.27. The molecule has 0 spiro atoms. The Hall–Kier alpha value is -3.21. The number of halogens is 1. The van der Waals surface area contributed by atoms with E-state index in [2.05, 4.69) is 15.0 Å². The molecule has 2 atom stereocenters. The standard InChI is InChI=1S/C18H19ClN4O7/c1-16(2,3)12(24)18(19,14(25)21-11-8-6-5-7-9-11)13-20-10-17(22(13)27,23(28)29)15(26)30-4/h5-9H,10H2,1-4H3/p+1. The fourth-order valence-corrected chi connectivity index (χ4v) is 3.28. The number of carbonyl (C=O) groups excluding carboxylic acids is 3.